The van der Waals surface area contributed by atoms with Gasteiger partial charge in [0.15, 0.2) is 11.5 Å². The Hall–Kier alpha value is -4.81. The zero-order valence-electron chi connectivity index (χ0n) is 21.8. The molecule has 0 aliphatic carbocycles. The third-order valence-electron chi connectivity index (χ3n) is 6.15. The quantitative estimate of drug-likeness (QED) is 0.273. The van der Waals surface area contributed by atoms with Crippen molar-refractivity contribution in [3.8, 4) is 11.5 Å². The van der Waals surface area contributed by atoms with Crippen molar-refractivity contribution in [1.82, 2.24) is 14.5 Å². The average Bonchev–Trinajstić information content (AvgIpc) is 3.37. The number of pyridine rings is 1. The molecule has 10 nitrogen and oxygen atoms in total. The van der Waals surface area contributed by atoms with Crippen LogP contribution < -0.4 is 20.5 Å². The lowest BCUT2D eigenvalue weighted by Crippen LogP contribution is -2.25. The zero-order valence-corrected chi connectivity index (χ0v) is 21.8. The van der Waals surface area contributed by atoms with Gasteiger partial charge in [0, 0.05) is 36.1 Å². The minimum atomic E-state index is -5.07. The van der Waals surface area contributed by atoms with Crippen LogP contribution in [0.2, 0.25) is 0 Å². The van der Waals surface area contributed by atoms with Crippen LogP contribution in [0.5, 0.6) is 11.5 Å². The Morgan fingerprint density at radius 2 is 1.82 bits per heavy atom. The van der Waals surface area contributed by atoms with Crippen LogP contribution >= 0.6 is 0 Å². The number of nitrogens with zero attached hydrogens (tertiary/aromatic N) is 3. The molecule has 0 fully saturated rings. The van der Waals surface area contributed by atoms with E-state index < -0.39 is 24.7 Å². The number of fused-ring (bicyclic) bond motifs is 1. The number of hydrogen-bond donors (Lipinski definition) is 2. The SMILES string of the molecule is CCc1c(Cn2cnc(COC(=O)C(F)(F)F)c2)cccc1Nc1c(C(N)=O)cnc2cc(OC)c(OC)cc12. The second-order valence-electron chi connectivity index (χ2n) is 8.67. The number of esters is 1. The molecule has 0 radical (unpaired) electrons. The first kappa shape index (κ1) is 28.2. The van der Waals surface area contributed by atoms with Crippen molar-refractivity contribution in [2.45, 2.75) is 32.7 Å². The summed E-state index contributed by atoms with van der Waals surface area (Å²) in [6, 6.07) is 9.00. The highest BCUT2D eigenvalue weighted by atomic mass is 19.4. The van der Waals surface area contributed by atoms with Gasteiger partial charge in [-0.1, -0.05) is 19.1 Å². The number of halogens is 3. The lowest BCUT2D eigenvalue weighted by atomic mass is 10.0. The molecule has 2 aromatic heterocycles. The third kappa shape index (κ3) is 5.92. The maximum absolute atomic E-state index is 12.4. The number of anilines is 2. The molecular formula is C27H26F3N5O5. The number of primary amides is 1. The molecule has 0 spiro atoms. The molecule has 13 heteroatoms. The van der Waals surface area contributed by atoms with Crippen LogP contribution in [0.3, 0.4) is 0 Å². The van der Waals surface area contributed by atoms with E-state index in [1.54, 1.807) is 16.7 Å². The van der Waals surface area contributed by atoms with E-state index in [1.165, 1.54) is 32.9 Å². The van der Waals surface area contributed by atoms with E-state index in [1.807, 2.05) is 25.1 Å². The summed E-state index contributed by atoms with van der Waals surface area (Å²) >= 11 is 0. The molecule has 1 amide bonds. The van der Waals surface area contributed by atoms with Gasteiger partial charge in [-0.3, -0.25) is 9.78 Å². The maximum Gasteiger partial charge on any atom is 0.490 e. The maximum atomic E-state index is 12.4. The fraction of sp³-hybridized carbons (Fsp3) is 0.259. The van der Waals surface area contributed by atoms with Crippen LogP contribution in [-0.2, 0) is 29.1 Å². The molecular weight excluding hydrogens is 531 g/mol. The summed E-state index contributed by atoms with van der Waals surface area (Å²) in [6.07, 6.45) is -0.123. The summed E-state index contributed by atoms with van der Waals surface area (Å²) in [5, 5.41) is 3.95. The van der Waals surface area contributed by atoms with E-state index in [4.69, 9.17) is 15.2 Å². The Labute approximate surface area is 226 Å². The molecule has 0 saturated heterocycles. The van der Waals surface area contributed by atoms with Gasteiger partial charge in [-0.05, 0) is 29.7 Å². The minimum absolute atomic E-state index is 0.170. The smallest absolute Gasteiger partial charge is 0.490 e. The summed E-state index contributed by atoms with van der Waals surface area (Å²) in [5.41, 5.74) is 9.55. The van der Waals surface area contributed by atoms with Crippen LogP contribution in [0, 0.1) is 0 Å². The first-order valence-corrected chi connectivity index (χ1v) is 12.0. The van der Waals surface area contributed by atoms with Gasteiger partial charge in [0.2, 0.25) is 0 Å². The topological polar surface area (TPSA) is 131 Å². The fourth-order valence-corrected chi connectivity index (χ4v) is 4.28. The molecule has 0 aliphatic heterocycles. The number of methoxy groups -OCH3 is 2. The van der Waals surface area contributed by atoms with Crippen molar-refractivity contribution < 1.29 is 37.0 Å². The van der Waals surface area contributed by atoms with Crippen molar-refractivity contribution in [3.05, 3.63) is 71.4 Å². The van der Waals surface area contributed by atoms with Crippen LogP contribution in [0.25, 0.3) is 10.9 Å². The minimum Gasteiger partial charge on any atom is -0.493 e. The third-order valence-corrected chi connectivity index (χ3v) is 6.15. The predicted octanol–water partition coefficient (Wildman–Crippen LogP) is 4.51. The molecule has 0 saturated carbocycles. The molecule has 0 aliphatic rings. The normalized spacial score (nSPS) is 11.3. The van der Waals surface area contributed by atoms with Crippen LogP contribution in [0.1, 0.15) is 34.1 Å². The summed E-state index contributed by atoms with van der Waals surface area (Å²) < 4.78 is 54.0. The molecule has 4 rings (SSSR count). The predicted molar refractivity (Wildman–Crippen MR) is 140 cm³/mol. The van der Waals surface area contributed by atoms with E-state index >= 15 is 0 Å². The van der Waals surface area contributed by atoms with Crippen molar-refractivity contribution in [3.63, 3.8) is 0 Å². The molecule has 0 atom stereocenters. The number of nitrogens with two attached hydrogens (primary N) is 1. The highest BCUT2D eigenvalue weighted by molar-refractivity contribution is 6.08. The van der Waals surface area contributed by atoms with Gasteiger partial charge in [0.1, 0.15) is 6.61 Å². The van der Waals surface area contributed by atoms with Crippen molar-refractivity contribution in [1.29, 1.82) is 0 Å². The lowest BCUT2D eigenvalue weighted by molar-refractivity contribution is -0.201. The number of rotatable bonds is 10. The van der Waals surface area contributed by atoms with Crippen molar-refractivity contribution in [2.24, 2.45) is 5.73 Å². The van der Waals surface area contributed by atoms with E-state index in [0.717, 1.165) is 11.1 Å². The number of amides is 1. The number of ether oxygens (including phenoxy) is 3. The summed E-state index contributed by atoms with van der Waals surface area (Å²) in [5.74, 6) is -2.02. The molecule has 40 heavy (non-hydrogen) atoms. The average molecular weight is 558 g/mol. The Kier molecular flexibility index (Phi) is 8.12. The Morgan fingerprint density at radius 1 is 1.10 bits per heavy atom. The first-order chi connectivity index (χ1) is 19.0. The first-order valence-electron chi connectivity index (χ1n) is 12.0. The van der Waals surface area contributed by atoms with Gasteiger partial charge in [-0.2, -0.15) is 13.2 Å². The fourth-order valence-electron chi connectivity index (χ4n) is 4.28. The van der Waals surface area contributed by atoms with E-state index in [2.05, 4.69) is 20.0 Å². The van der Waals surface area contributed by atoms with E-state index in [0.29, 0.717) is 46.7 Å². The number of carbonyl (C=O) groups is 2. The number of imidazole rings is 1. The van der Waals surface area contributed by atoms with Crippen LogP contribution in [0.4, 0.5) is 24.5 Å². The van der Waals surface area contributed by atoms with Gasteiger partial charge in [-0.15, -0.1) is 0 Å². The van der Waals surface area contributed by atoms with Gasteiger partial charge in [0.05, 0.1) is 43.0 Å². The molecule has 2 aromatic carbocycles. The molecule has 3 N–H and O–H groups in total. The van der Waals surface area contributed by atoms with Gasteiger partial charge in [0.25, 0.3) is 5.91 Å². The zero-order chi connectivity index (χ0) is 29.0. The van der Waals surface area contributed by atoms with E-state index in [9.17, 15) is 22.8 Å². The number of alkyl halides is 3. The molecule has 0 unspecified atom stereocenters. The van der Waals surface area contributed by atoms with E-state index in [-0.39, 0.29) is 11.3 Å². The number of nitrogens with one attached hydrogen (secondary N) is 1. The Morgan fingerprint density at radius 3 is 2.48 bits per heavy atom. The number of carbonyl (C=O) groups excluding carboxylic acids is 2. The van der Waals surface area contributed by atoms with Gasteiger partial charge < -0.3 is 29.8 Å². The summed E-state index contributed by atoms with van der Waals surface area (Å²) in [7, 11) is 3.01. The largest absolute Gasteiger partial charge is 0.493 e. The number of benzene rings is 2. The highest BCUT2D eigenvalue weighted by Gasteiger charge is 2.41. The molecule has 2 heterocycles. The summed E-state index contributed by atoms with van der Waals surface area (Å²) in [6.45, 7) is 1.70. The highest BCUT2D eigenvalue weighted by Crippen LogP contribution is 2.38. The van der Waals surface area contributed by atoms with Crippen LogP contribution in [-0.4, -0.2) is 46.8 Å². The van der Waals surface area contributed by atoms with Crippen molar-refractivity contribution in [2.75, 3.05) is 19.5 Å². The standard InChI is InChI=1S/C27H26F3N5O5/c1-4-17-15(11-35-12-16(33-14-35)13-40-26(37)27(28,29)30)6-5-7-20(17)34-24-18-8-22(38-2)23(39-3)9-21(18)32-10-19(24)25(31)36/h5-10,12,14H,4,11,13H2,1-3H3,(H2,31,36)(H,32,34). The Balaban J connectivity index is 1.66. The molecule has 210 valence electrons. The van der Waals surface area contributed by atoms with Crippen molar-refractivity contribution >= 4 is 34.2 Å². The van der Waals surface area contributed by atoms with Gasteiger partial charge >= 0.3 is 12.1 Å². The number of aromatic nitrogens is 3. The molecule has 4 aromatic rings. The monoisotopic (exact) mass is 557 g/mol. The number of hydrogen-bond acceptors (Lipinski definition) is 8. The second-order valence-corrected chi connectivity index (χ2v) is 8.67. The van der Waals surface area contributed by atoms with Crippen LogP contribution in [0.15, 0.2) is 49.1 Å². The molecule has 0 bridgehead atoms. The second kappa shape index (κ2) is 11.5. The Bertz CT molecular complexity index is 1570. The van der Waals surface area contributed by atoms with Gasteiger partial charge in [-0.25, -0.2) is 9.78 Å². The lowest BCUT2D eigenvalue weighted by Gasteiger charge is -2.19. The summed E-state index contributed by atoms with van der Waals surface area (Å²) in [4.78, 5) is 31.7.